The second-order valence-electron chi connectivity index (χ2n) is 8.95. The average Bonchev–Trinajstić information content (AvgIpc) is 2.92. The molecule has 0 fully saturated rings. The zero-order valence-corrected chi connectivity index (χ0v) is 21.5. The lowest BCUT2D eigenvalue weighted by Gasteiger charge is -2.33. The first-order valence-electron chi connectivity index (χ1n) is 12.6. The molecule has 2 N–H and O–H groups in total. The van der Waals surface area contributed by atoms with Gasteiger partial charge in [0.05, 0.1) is 12.7 Å². The van der Waals surface area contributed by atoms with E-state index >= 15 is 0 Å². The third-order valence-corrected chi connectivity index (χ3v) is 5.96. The number of esters is 1. The monoisotopic (exact) mass is 507 g/mol. The predicted molar refractivity (Wildman–Crippen MR) is 143 cm³/mol. The van der Waals surface area contributed by atoms with Crippen LogP contribution in [0, 0.1) is 0 Å². The number of rotatable bonds is 15. The maximum Gasteiger partial charge on any atom is 0.344 e. The number of carbonyl (C=O) groups is 1. The van der Waals surface area contributed by atoms with Crippen LogP contribution in [0.1, 0.15) is 31.1 Å². The van der Waals surface area contributed by atoms with Gasteiger partial charge in [-0.1, -0.05) is 60.7 Å². The van der Waals surface area contributed by atoms with Crippen LogP contribution >= 0.6 is 0 Å². The van der Waals surface area contributed by atoms with Crippen LogP contribution in [0.5, 0.6) is 11.5 Å². The molecule has 0 saturated carbocycles. The summed E-state index contributed by atoms with van der Waals surface area (Å²) >= 11 is 0. The van der Waals surface area contributed by atoms with E-state index in [1.807, 2.05) is 84.9 Å². The van der Waals surface area contributed by atoms with Crippen molar-refractivity contribution in [1.29, 1.82) is 0 Å². The van der Waals surface area contributed by atoms with Crippen LogP contribution in [0.3, 0.4) is 0 Å². The Labute approximate surface area is 219 Å². The first-order chi connectivity index (χ1) is 17.9. The Morgan fingerprint density at radius 3 is 2.11 bits per heavy atom. The van der Waals surface area contributed by atoms with Crippen LogP contribution in [0.2, 0.25) is 0 Å². The van der Waals surface area contributed by atoms with Gasteiger partial charge in [-0.15, -0.1) is 0 Å². The Morgan fingerprint density at radius 1 is 0.838 bits per heavy atom. The summed E-state index contributed by atoms with van der Waals surface area (Å²) in [6.07, 6.45) is -0.722. The molecule has 0 aliphatic rings. The maximum absolute atomic E-state index is 11.5. The van der Waals surface area contributed by atoms with Crippen LogP contribution in [0.15, 0.2) is 84.9 Å². The number of aliphatic hydroxyl groups is 2. The lowest BCUT2D eigenvalue weighted by Crippen LogP contribution is -2.44. The zero-order valence-electron chi connectivity index (χ0n) is 21.5. The topological polar surface area (TPSA) is 88.5 Å². The minimum absolute atomic E-state index is 0.0241. The Bertz CT molecular complexity index is 1040. The Hall–Kier alpha value is -3.39. The summed E-state index contributed by atoms with van der Waals surface area (Å²) in [5.41, 5.74) is 1.91. The molecule has 3 atom stereocenters. The summed E-state index contributed by atoms with van der Waals surface area (Å²) < 4.78 is 16.1. The van der Waals surface area contributed by atoms with Gasteiger partial charge in [0.25, 0.3) is 0 Å². The molecule has 3 aromatic rings. The summed E-state index contributed by atoms with van der Waals surface area (Å²) in [7, 11) is 0. The van der Waals surface area contributed by atoms with Gasteiger partial charge in [-0.3, -0.25) is 4.90 Å². The normalized spacial score (nSPS) is 13.5. The first kappa shape index (κ1) is 28.2. The van der Waals surface area contributed by atoms with E-state index in [2.05, 4.69) is 11.8 Å². The highest BCUT2D eigenvalue weighted by Crippen LogP contribution is 2.20. The minimum Gasteiger partial charge on any atom is -0.491 e. The third-order valence-electron chi connectivity index (χ3n) is 5.96. The number of para-hydroxylation sites is 1. The second-order valence-corrected chi connectivity index (χ2v) is 8.95. The molecule has 0 aliphatic heterocycles. The van der Waals surface area contributed by atoms with Crippen molar-refractivity contribution < 1.29 is 29.2 Å². The van der Waals surface area contributed by atoms with Gasteiger partial charge in [-0.05, 0) is 55.7 Å². The number of carbonyl (C=O) groups excluding carboxylic acids is 1. The Morgan fingerprint density at radius 2 is 1.46 bits per heavy atom. The van der Waals surface area contributed by atoms with E-state index in [-0.39, 0.29) is 19.3 Å². The summed E-state index contributed by atoms with van der Waals surface area (Å²) in [5.74, 6) is 0.896. The van der Waals surface area contributed by atoms with Crippen molar-refractivity contribution in [2.45, 2.75) is 38.5 Å². The quantitative estimate of drug-likeness (QED) is 0.300. The van der Waals surface area contributed by atoms with Crippen molar-refractivity contribution in [2.75, 3.05) is 32.9 Å². The van der Waals surface area contributed by atoms with Crippen molar-refractivity contribution in [3.05, 3.63) is 96.1 Å². The number of hydrogen-bond donors (Lipinski definition) is 2. The molecule has 37 heavy (non-hydrogen) atoms. The van der Waals surface area contributed by atoms with Gasteiger partial charge in [0.1, 0.15) is 24.2 Å². The predicted octanol–water partition coefficient (Wildman–Crippen LogP) is 4.04. The van der Waals surface area contributed by atoms with E-state index < -0.39 is 18.2 Å². The molecule has 3 aromatic carbocycles. The van der Waals surface area contributed by atoms with Gasteiger partial charge >= 0.3 is 5.97 Å². The number of ether oxygens (including phenoxy) is 3. The standard InChI is InChI=1S/C30H37NO6/c1-3-35-30(34)22-37-28-16-14-24(15-17-28)18-23(2)31(20-29(33)25-10-6-4-7-11-25)19-26(32)21-36-27-12-8-5-9-13-27/h4-17,23,26,29,32-33H,3,18-22H2,1-2H3/t23-,26+,29+/m1/s1. The van der Waals surface area contributed by atoms with Crippen LogP contribution in [0.25, 0.3) is 0 Å². The summed E-state index contributed by atoms with van der Waals surface area (Å²) in [5, 5.41) is 21.7. The first-order valence-corrected chi connectivity index (χ1v) is 12.6. The average molecular weight is 508 g/mol. The molecular weight excluding hydrogens is 470 g/mol. The molecule has 0 radical (unpaired) electrons. The molecule has 0 amide bonds. The second kappa shape index (κ2) is 15.0. The van der Waals surface area contributed by atoms with Crippen LogP contribution in [0.4, 0.5) is 0 Å². The fourth-order valence-electron chi connectivity index (χ4n) is 4.01. The number of hydrogen-bond acceptors (Lipinski definition) is 7. The zero-order chi connectivity index (χ0) is 26.5. The number of benzene rings is 3. The van der Waals surface area contributed by atoms with E-state index in [0.717, 1.165) is 11.1 Å². The van der Waals surface area contributed by atoms with Crippen molar-refractivity contribution in [3.63, 3.8) is 0 Å². The Kier molecular flexibility index (Phi) is 11.4. The lowest BCUT2D eigenvalue weighted by atomic mass is 10.0. The highest BCUT2D eigenvalue weighted by Gasteiger charge is 2.22. The van der Waals surface area contributed by atoms with Crippen molar-refractivity contribution >= 4 is 5.97 Å². The maximum atomic E-state index is 11.5. The van der Waals surface area contributed by atoms with Gasteiger partial charge < -0.3 is 24.4 Å². The SMILES string of the molecule is CCOC(=O)COc1ccc(C[C@@H](C)N(C[C@H](O)COc2ccccc2)C[C@H](O)c2ccccc2)cc1. The fraction of sp³-hybridized carbons (Fsp3) is 0.367. The largest absolute Gasteiger partial charge is 0.491 e. The molecule has 0 heterocycles. The third kappa shape index (κ3) is 9.88. The molecule has 3 rings (SSSR count). The van der Waals surface area contributed by atoms with Crippen molar-refractivity contribution in [3.8, 4) is 11.5 Å². The van der Waals surface area contributed by atoms with Gasteiger partial charge in [0.2, 0.25) is 0 Å². The van der Waals surface area contributed by atoms with E-state index in [9.17, 15) is 15.0 Å². The highest BCUT2D eigenvalue weighted by atomic mass is 16.6. The van der Waals surface area contributed by atoms with Crippen molar-refractivity contribution in [2.24, 2.45) is 0 Å². The molecule has 0 aliphatic carbocycles. The molecule has 0 saturated heterocycles. The molecule has 7 heteroatoms. The number of aliphatic hydroxyl groups excluding tert-OH is 2. The fourth-order valence-corrected chi connectivity index (χ4v) is 4.01. The van der Waals surface area contributed by atoms with E-state index in [4.69, 9.17) is 14.2 Å². The van der Waals surface area contributed by atoms with Crippen LogP contribution in [-0.4, -0.2) is 66.1 Å². The summed E-state index contributed by atoms with van der Waals surface area (Å²) in [6, 6.07) is 26.5. The smallest absolute Gasteiger partial charge is 0.344 e. The van der Waals surface area contributed by atoms with E-state index in [0.29, 0.717) is 37.6 Å². The molecule has 0 aromatic heterocycles. The lowest BCUT2D eigenvalue weighted by molar-refractivity contribution is -0.145. The molecule has 198 valence electrons. The highest BCUT2D eigenvalue weighted by molar-refractivity contribution is 5.71. The molecule has 0 bridgehead atoms. The molecule has 7 nitrogen and oxygen atoms in total. The van der Waals surface area contributed by atoms with E-state index in [1.165, 1.54) is 0 Å². The molecular formula is C30H37NO6. The van der Waals surface area contributed by atoms with Crippen molar-refractivity contribution in [1.82, 2.24) is 4.90 Å². The van der Waals surface area contributed by atoms with Gasteiger partial charge in [-0.25, -0.2) is 4.79 Å². The van der Waals surface area contributed by atoms with Crippen LogP contribution < -0.4 is 9.47 Å². The molecule has 0 unspecified atom stereocenters. The van der Waals surface area contributed by atoms with Gasteiger partial charge in [0, 0.05) is 19.1 Å². The van der Waals surface area contributed by atoms with E-state index in [1.54, 1.807) is 6.92 Å². The Balaban J connectivity index is 1.61. The molecule has 0 spiro atoms. The van der Waals surface area contributed by atoms with Gasteiger partial charge in [-0.2, -0.15) is 0 Å². The summed E-state index contributed by atoms with van der Waals surface area (Å²) in [6.45, 7) is 4.90. The number of nitrogens with zero attached hydrogens (tertiary/aromatic N) is 1. The van der Waals surface area contributed by atoms with Gasteiger partial charge in [0.15, 0.2) is 6.61 Å². The van der Waals surface area contributed by atoms with Crippen LogP contribution in [-0.2, 0) is 16.0 Å². The summed E-state index contributed by atoms with van der Waals surface area (Å²) in [4.78, 5) is 13.6. The minimum atomic E-state index is -0.732.